The van der Waals surface area contributed by atoms with Crippen LogP contribution in [0.25, 0.3) is 11.3 Å². The van der Waals surface area contributed by atoms with Crippen LogP contribution in [0.5, 0.6) is 0 Å². The van der Waals surface area contributed by atoms with E-state index in [4.69, 9.17) is 16.0 Å². The molecule has 1 aromatic heterocycles. The Morgan fingerprint density at radius 1 is 1.20 bits per heavy atom. The van der Waals surface area contributed by atoms with Gasteiger partial charge in [0.25, 0.3) is 0 Å². The van der Waals surface area contributed by atoms with Gasteiger partial charge in [-0.05, 0) is 12.1 Å². The predicted octanol–water partition coefficient (Wildman–Crippen LogP) is 3.67. The molecule has 1 heterocycles. The summed E-state index contributed by atoms with van der Waals surface area (Å²) in [4.78, 5) is 2.00. The van der Waals surface area contributed by atoms with Crippen LogP contribution in [-0.2, 0) is 0 Å². The highest BCUT2D eigenvalue weighted by Crippen LogP contribution is 2.27. The topological polar surface area (TPSA) is 16.4 Å². The summed E-state index contributed by atoms with van der Waals surface area (Å²) in [6.07, 6.45) is 1.73. The summed E-state index contributed by atoms with van der Waals surface area (Å²) in [7, 11) is 3.96. The fraction of sp³-hybridized carbons (Fsp3) is 0.167. The SMILES string of the molecule is CN(C)c1coc(-c2cccc(Cl)c2)c1. The van der Waals surface area contributed by atoms with Gasteiger partial charge in [-0.15, -0.1) is 0 Å². The lowest BCUT2D eigenvalue weighted by molar-refractivity contribution is 0.582. The molecule has 0 atom stereocenters. The number of hydrogen-bond acceptors (Lipinski definition) is 2. The Hall–Kier alpha value is -1.41. The molecule has 2 nitrogen and oxygen atoms in total. The molecule has 0 spiro atoms. The van der Waals surface area contributed by atoms with E-state index in [0.717, 1.165) is 22.0 Å². The third kappa shape index (κ3) is 2.16. The van der Waals surface area contributed by atoms with Crippen molar-refractivity contribution in [2.45, 2.75) is 0 Å². The van der Waals surface area contributed by atoms with Crippen LogP contribution in [0, 0.1) is 0 Å². The predicted molar refractivity (Wildman–Crippen MR) is 63.5 cm³/mol. The molecule has 0 saturated heterocycles. The maximum absolute atomic E-state index is 5.91. The van der Waals surface area contributed by atoms with Crippen molar-refractivity contribution >= 4 is 17.3 Å². The number of benzene rings is 1. The summed E-state index contributed by atoms with van der Waals surface area (Å²) in [5.74, 6) is 0.834. The van der Waals surface area contributed by atoms with Gasteiger partial charge in [0.1, 0.15) is 12.0 Å². The Balaban J connectivity index is 2.37. The van der Waals surface area contributed by atoms with Gasteiger partial charge in [-0.3, -0.25) is 0 Å². The highest BCUT2D eigenvalue weighted by molar-refractivity contribution is 6.30. The van der Waals surface area contributed by atoms with E-state index in [1.165, 1.54) is 0 Å². The Bertz CT molecular complexity index is 462. The smallest absolute Gasteiger partial charge is 0.136 e. The van der Waals surface area contributed by atoms with Crippen LogP contribution in [0.1, 0.15) is 0 Å². The van der Waals surface area contributed by atoms with Gasteiger partial charge in [-0.1, -0.05) is 23.7 Å². The van der Waals surface area contributed by atoms with Crippen molar-refractivity contribution in [1.82, 2.24) is 0 Å². The van der Waals surface area contributed by atoms with Crippen molar-refractivity contribution < 1.29 is 4.42 Å². The molecule has 2 aromatic rings. The fourth-order valence-electron chi connectivity index (χ4n) is 1.35. The molecule has 0 aliphatic carbocycles. The molecule has 2 rings (SSSR count). The van der Waals surface area contributed by atoms with Crippen molar-refractivity contribution in [2.24, 2.45) is 0 Å². The van der Waals surface area contributed by atoms with Crippen LogP contribution in [0.2, 0.25) is 5.02 Å². The Morgan fingerprint density at radius 3 is 2.60 bits per heavy atom. The zero-order chi connectivity index (χ0) is 10.8. The van der Waals surface area contributed by atoms with E-state index in [-0.39, 0.29) is 0 Å². The van der Waals surface area contributed by atoms with Crippen molar-refractivity contribution in [1.29, 1.82) is 0 Å². The molecule has 0 saturated carbocycles. The minimum Gasteiger partial charge on any atom is -0.462 e. The van der Waals surface area contributed by atoms with Crippen LogP contribution in [0.4, 0.5) is 5.69 Å². The number of nitrogens with zero attached hydrogens (tertiary/aromatic N) is 1. The third-order valence-electron chi connectivity index (χ3n) is 2.21. The number of halogens is 1. The van der Waals surface area contributed by atoms with E-state index in [9.17, 15) is 0 Å². The molecule has 3 heteroatoms. The number of furan rings is 1. The molecule has 0 aliphatic heterocycles. The second-order valence-corrected chi connectivity index (χ2v) is 4.01. The second kappa shape index (κ2) is 3.99. The first-order valence-electron chi connectivity index (χ1n) is 4.68. The van der Waals surface area contributed by atoms with Crippen molar-refractivity contribution in [3.63, 3.8) is 0 Å². The Kier molecular flexibility index (Phi) is 2.69. The molecule has 0 amide bonds. The van der Waals surface area contributed by atoms with Crippen molar-refractivity contribution in [3.05, 3.63) is 41.6 Å². The Morgan fingerprint density at radius 2 is 2.00 bits per heavy atom. The summed E-state index contributed by atoms with van der Waals surface area (Å²) in [5, 5.41) is 0.718. The van der Waals surface area contributed by atoms with Crippen LogP contribution in [-0.4, -0.2) is 14.1 Å². The van der Waals surface area contributed by atoms with Gasteiger partial charge >= 0.3 is 0 Å². The van der Waals surface area contributed by atoms with E-state index in [2.05, 4.69) is 0 Å². The quantitative estimate of drug-likeness (QED) is 0.770. The van der Waals surface area contributed by atoms with Gasteiger partial charge in [0.2, 0.25) is 0 Å². The molecule has 0 aliphatic rings. The lowest BCUT2D eigenvalue weighted by Gasteiger charge is -2.06. The minimum absolute atomic E-state index is 0.718. The maximum Gasteiger partial charge on any atom is 0.136 e. The first-order chi connectivity index (χ1) is 7.16. The summed E-state index contributed by atoms with van der Waals surface area (Å²) < 4.78 is 5.47. The lowest BCUT2D eigenvalue weighted by atomic mass is 10.2. The summed E-state index contributed by atoms with van der Waals surface area (Å²) in [6, 6.07) is 9.62. The van der Waals surface area contributed by atoms with Crippen molar-refractivity contribution in [2.75, 3.05) is 19.0 Å². The van der Waals surface area contributed by atoms with Crippen molar-refractivity contribution in [3.8, 4) is 11.3 Å². The molecular weight excluding hydrogens is 210 g/mol. The molecule has 0 N–H and O–H groups in total. The van der Waals surface area contributed by atoms with E-state index in [1.54, 1.807) is 6.26 Å². The Labute approximate surface area is 94.1 Å². The monoisotopic (exact) mass is 221 g/mol. The minimum atomic E-state index is 0.718. The zero-order valence-electron chi connectivity index (χ0n) is 8.70. The summed E-state index contributed by atoms with van der Waals surface area (Å²) in [5.41, 5.74) is 2.04. The van der Waals surface area contributed by atoms with Gasteiger partial charge in [-0.2, -0.15) is 0 Å². The van der Waals surface area contributed by atoms with Crippen LogP contribution < -0.4 is 4.90 Å². The highest BCUT2D eigenvalue weighted by Gasteiger charge is 2.05. The third-order valence-corrected chi connectivity index (χ3v) is 2.45. The van der Waals surface area contributed by atoms with Gasteiger partial charge < -0.3 is 9.32 Å². The van der Waals surface area contributed by atoms with Gasteiger partial charge in [-0.25, -0.2) is 0 Å². The van der Waals surface area contributed by atoms with Gasteiger partial charge in [0.05, 0.1) is 5.69 Å². The maximum atomic E-state index is 5.91. The van der Waals surface area contributed by atoms with Crippen LogP contribution >= 0.6 is 11.6 Å². The van der Waals surface area contributed by atoms with E-state index in [0.29, 0.717) is 0 Å². The largest absolute Gasteiger partial charge is 0.462 e. The second-order valence-electron chi connectivity index (χ2n) is 3.57. The molecule has 78 valence electrons. The molecule has 15 heavy (non-hydrogen) atoms. The standard InChI is InChI=1S/C12H12ClNO/c1-14(2)11-7-12(15-8-11)9-4-3-5-10(13)6-9/h3-8H,1-2H3. The van der Waals surface area contributed by atoms with Gasteiger partial charge in [0, 0.05) is 30.7 Å². The zero-order valence-corrected chi connectivity index (χ0v) is 9.45. The average molecular weight is 222 g/mol. The molecular formula is C12H12ClNO. The first kappa shape index (κ1) is 10.1. The fourth-order valence-corrected chi connectivity index (χ4v) is 1.54. The normalized spacial score (nSPS) is 10.3. The average Bonchev–Trinajstić information content (AvgIpc) is 2.66. The van der Waals surface area contributed by atoms with E-state index in [1.807, 2.05) is 49.3 Å². The van der Waals surface area contributed by atoms with E-state index >= 15 is 0 Å². The number of anilines is 1. The molecule has 0 unspecified atom stereocenters. The highest BCUT2D eigenvalue weighted by atomic mass is 35.5. The molecule has 0 fully saturated rings. The van der Waals surface area contributed by atoms with E-state index < -0.39 is 0 Å². The van der Waals surface area contributed by atoms with Crippen LogP contribution in [0.15, 0.2) is 41.0 Å². The molecule has 0 radical (unpaired) electrons. The molecule has 1 aromatic carbocycles. The number of hydrogen-bond donors (Lipinski definition) is 0. The summed E-state index contributed by atoms with van der Waals surface area (Å²) in [6.45, 7) is 0. The lowest BCUT2D eigenvalue weighted by Crippen LogP contribution is -2.06. The summed E-state index contributed by atoms with van der Waals surface area (Å²) >= 11 is 5.91. The van der Waals surface area contributed by atoms with Crippen LogP contribution in [0.3, 0.4) is 0 Å². The molecule has 0 bridgehead atoms. The van der Waals surface area contributed by atoms with Gasteiger partial charge in [0.15, 0.2) is 0 Å². The number of rotatable bonds is 2. The first-order valence-corrected chi connectivity index (χ1v) is 5.06.